The van der Waals surface area contributed by atoms with Gasteiger partial charge in [-0.25, -0.2) is 4.39 Å². The number of nitrogens with one attached hydrogen (secondary N) is 1. The molecular formula is C18H27BrFN. The molecule has 0 heterocycles. The van der Waals surface area contributed by atoms with Crippen LogP contribution in [0.1, 0.15) is 45.6 Å². The summed E-state index contributed by atoms with van der Waals surface area (Å²) in [7, 11) is 0. The van der Waals surface area contributed by atoms with Gasteiger partial charge in [0.05, 0.1) is 0 Å². The summed E-state index contributed by atoms with van der Waals surface area (Å²) in [5.74, 6) is 1.97. The number of hydrogen-bond acceptors (Lipinski definition) is 1. The van der Waals surface area contributed by atoms with E-state index in [0.29, 0.717) is 12.0 Å². The molecule has 1 aromatic carbocycles. The lowest BCUT2D eigenvalue weighted by Crippen LogP contribution is -2.42. The van der Waals surface area contributed by atoms with Gasteiger partial charge in [0.25, 0.3) is 0 Å². The highest BCUT2D eigenvalue weighted by Crippen LogP contribution is 2.36. The normalized spacial score (nSPS) is 26.3. The quantitative estimate of drug-likeness (QED) is 0.766. The molecule has 1 aliphatic rings. The smallest absolute Gasteiger partial charge is 0.127 e. The van der Waals surface area contributed by atoms with E-state index in [-0.39, 0.29) is 5.82 Å². The molecule has 21 heavy (non-hydrogen) atoms. The van der Waals surface area contributed by atoms with Crippen LogP contribution >= 0.6 is 15.9 Å². The molecule has 3 unspecified atom stereocenters. The Balaban J connectivity index is 2.11. The van der Waals surface area contributed by atoms with Crippen molar-refractivity contribution in [3.05, 3.63) is 34.1 Å². The average Bonchev–Trinajstić information content (AvgIpc) is 2.43. The van der Waals surface area contributed by atoms with E-state index >= 15 is 0 Å². The Kier molecular flexibility index (Phi) is 6.24. The van der Waals surface area contributed by atoms with Crippen molar-refractivity contribution in [2.45, 2.75) is 52.5 Å². The van der Waals surface area contributed by atoms with Crippen molar-refractivity contribution in [2.75, 3.05) is 6.54 Å². The monoisotopic (exact) mass is 355 g/mol. The zero-order valence-electron chi connectivity index (χ0n) is 13.3. The predicted octanol–water partition coefficient (Wildman–Crippen LogP) is 5.18. The van der Waals surface area contributed by atoms with Gasteiger partial charge < -0.3 is 5.32 Å². The van der Waals surface area contributed by atoms with E-state index in [1.54, 1.807) is 6.07 Å². The molecule has 1 N–H and O–H groups in total. The molecule has 1 aromatic rings. The average molecular weight is 356 g/mol. The van der Waals surface area contributed by atoms with Crippen LogP contribution < -0.4 is 5.32 Å². The Hall–Kier alpha value is -0.410. The van der Waals surface area contributed by atoms with Gasteiger partial charge in [-0.15, -0.1) is 0 Å². The minimum Gasteiger partial charge on any atom is -0.314 e. The lowest BCUT2D eigenvalue weighted by molar-refractivity contribution is 0.168. The van der Waals surface area contributed by atoms with E-state index < -0.39 is 0 Å². The SMILES string of the molecule is CCNC1CCC(C(C)C)CC1Cc1ccc(Br)cc1F. The number of hydrogen-bond donors (Lipinski definition) is 1. The summed E-state index contributed by atoms with van der Waals surface area (Å²) in [5.41, 5.74) is 0.857. The minimum atomic E-state index is -0.0775. The first-order valence-electron chi connectivity index (χ1n) is 8.18. The van der Waals surface area contributed by atoms with Crippen LogP contribution in [0.4, 0.5) is 4.39 Å². The zero-order chi connectivity index (χ0) is 15.4. The van der Waals surface area contributed by atoms with E-state index in [4.69, 9.17) is 0 Å². The number of rotatable bonds is 5. The maximum Gasteiger partial charge on any atom is 0.127 e. The van der Waals surface area contributed by atoms with Gasteiger partial charge in [-0.1, -0.05) is 42.8 Å². The molecule has 3 heteroatoms. The van der Waals surface area contributed by atoms with Crippen LogP contribution in [0, 0.1) is 23.6 Å². The van der Waals surface area contributed by atoms with E-state index in [2.05, 4.69) is 42.0 Å². The van der Waals surface area contributed by atoms with E-state index in [9.17, 15) is 4.39 Å². The highest BCUT2D eigenvalue weighted by molar-refractivity contribution is 9.10. The maximum absolute atomic E-state index is 14.1. The summed E-state index contributed by atoms with van der Waals surface area (Å²) < 4.78 is 14.9. The summed E-state index contributed by atoms with van der Waals surface area (Å²) in [6.07, 6.45) is 4.58. The molecule has 2 rings (SSSR count). The highest BCUT2D eigenvalue weighted by atomic mass is 79.9. The van der Waals surface area contributed by atoms with Gasteiger partial charge in [-0.05, 0) is 67.7 Å². The summed E-state index contributed by atoms with van der Waals surface area (Å²) in [4.78, 5) is 0. The van der Waals surface area contributed by atoms with Crippen molar-refractivity contribution < 1.29 is 4.39 Å². The Morgan fingerprint density at radius 3 is 2.71 bits per heavy atom. The van der Waals surface area contributed by atoms with E-state index in [0.717, 1.165) is 34.8 Å². The Morgan fingerprint density at radius 2 is 2.10 bits per heavy atom. The summed E-state index contributed by atoms with van der Waals surface area (Å²) in [6, 6.07) is 6.00. The fourth-order valence-corrected chi connectivity index (χ4v) is 3.97. The molecule has 1 saturated carbocycles. The van der Waals surface area contributed by atoms with Crippen LogP contribution in [0.15, 0.2) is 22.7 Å². The summed E-state index contributed by atoms with van der Waals surface area (Å²) in [6.45, 7) is 7.78. The molecule has 0 radical (unpaired) electrons. The van der Waals surface area contributed by atoms with Gasteiger partial charge in [0, 0.05) is 10.5 Å². The lowest BCUT2D eigenvalue weighted by Gasteiger charge is -2.38. The minimum absolute atomic E-state index is 0.0775. The fraction of sp³-hybridized carbons (Fsp3) is 0.667. The molecule has 0 bridgehead atoms. The molecular weight excluding hydrogens is 329 g/mol. The van der Waals surface area contributed by atoms with Crippen molar-refractivity contribution in [3.63, 3.8) is 0 Å². The summed E-state index contributed by atoms with van der Waals surface area (Å²) in [5, 5.41) is 3.61. The topological polar surface area (TPSA) is 12.0 Å². The van der Waals surface area contributed by atoms with Crippen LogP contribution in [0.25, 0.3) is 0 Å². The van der Waals surface area contributed by atoms with Gasteiger partial charge >= 0.3 is 0 Å². The molecule has 1 nitrogen and oxygen atoms in total. The van der Waals surface area contributed by atoms with Crippen LogP contribution in [-0.4, -0.2) is 12.6 Å². The van der Waals surface area contributed by atoms with Crippen molar-refractivity contribution in [3.8, 4) is 0 Å². The van der Waals surface area contributed by atoms with Gasteiger partial charge in [0.15, 0.2) is 0 Å². The number of halogens is 2. The third-order valence-electron chi connectivity index (χ3n) is 4.93. The first-order valence-corrected chi connectivity index (χ1v) is 8.97. The maximum atomic E-state index is 14.1. The molecule has 118 valence electrons. The lowest BCUT2D eigenvalue weighted by atomic mass is 9.71. The fourth-order valence-electron chi connectivity index (χ4n) is 3.63. The standard InChI is InChI=1S/C18H27BrFN/c1-4-21-18-8-6-13(12(2)3)9-15(18)10-14-5-7-16(19)11-17(14)20/h5,7,11-13,15,18,21H,4,6,8-10H2,1-3H3. The van der Waals surface area contributed by atoms with Crippen molar-refractivity contribution in [1.82, 2.24) is 5.32 Å². The zero-order valence-corrected chi connectivity index (χ0v) is 14.9. The third kappa shape index (κ3) is 4.53. The first kappa shape index (κ1) is 17.0. The first-order chi connectivity index (χ1) is 10.0. The largest absolute Gasteiger partial charge is 0.314 e. The summed E-state index contributed by atoms with van der Waals surface area (Å²) >= 11 is 3.33. The molecule has 0 aliphatic heterocycles. The van der Waals surface area contributed by atoms with Gasteiger partial charge in [-0.2, -0.15) is 0 Å². The molecule has 0 saturated heterocycles. The molecule has 0 spiro atoms. The highest BCUT2D eigenvalue weighted by Gasteiger charge is 2.31. The van der Waals surface area contributed by atoms with Gasteiger partial charge in [-0.3, -0.25) is 0 Å². The molecule has 1 aliphatic carbocycles. The van der Waals surface area contributed by atoms with E-state index in [1.165, 1.54) is 19.3 Å². The molecule has 3 atom stereocenters. The van der Waals surface area contributed by atoms with Crippen molar-refractivity contribution in [2.24, 2.45) is 17.8 Å². The van der Waals surface area contributed by atoms with Crippen molar-refractivity contribution >= 4 is 15.9 Å². The van der Waals surface area contributed by atoms with Crippen molar-refractivity contribution in [1.29, 1.82) is 0 Å². The van der Waals surface area contributed by atoms with Gasteiger partial charge in [0.1, 0.15) is 5.82 Å². The second-order valence-corrected chi connectivity index (χ2v) is 7.60. The van der Waals surface area contributed by atoms with Crippen LogP contribution in [-0.2, 0) is 6.42 Å². The number of benzene rings is 1. The second-order valence-electron chi connectivity index (χ2n) is 6.68. The van der Waals surface area contributed by atoms with Gasteiger partial charge in [0.2, 0.25) is 0 Å². The predicted molar refractivity (Wildman–Crippen MR) is 90.9 cm³/mol. The Bertz CT molecular complexity index is 461. The third-order valence-corrected chi connectivity index (χ3v) is 5.42. The molecule has 0 amide bonds. The van der Waals surface area contributed by atoms with E-state index in [1.807, 2.05) is 12.1 Å². The molecule has 0 aromatic heterocycles. The van der Waals surface area contributed by atoms with Crippen LogP contribution in [0.3, 0.4) is 0 Å². The Morgan fingerprint density at radius 1 is 1.33 bits per heavy atom. The van der Waals surface area contributed by atoms with Crippen LogP contribution in [0.5, 0.6) is 0 Å². The second kappa shape index (κ2) is 7.73. The van der Waals surface area contributed by atoms with Crippen LogP contribution in [0.2, 0.25) is 0 Å². The Labute approximate surface area is 136 Å². The molecule has 1 fully saturated rings.